The van der Waals surface area contributed by atoms with Crippen LogP contribution in [0.4, 0.5) is 5.69 Å². The highest BCUT2D eigenvalue weighted by molar-refractivity contribution is 7.92. The summed E-state index contributed by atoms with van der Waals surface area (Å²) in [6.45, 7) is 9.52. The van der Waals surface area contributed by atoms with Crippen LogP contribution in [0.1, 0.15) is 51.7 Å². The van der Waals surface area contributed by atoms with Crippen molar-refractivity contribution >= 4 is 21.6 Å². The number of aryl methyl sites for hydroxylation is 1. The molecule has 7 heteroatoms. The van der Waals surface area contributed by atoms with Crippen molar-refractivity contribution < 1.29 is 17.9 Å². The molecule has 0 fully saturated rings. The molecule has 0 spiro atoms. The van der Waals surface area contributed by atoms with E-state index in [9.17, 15) is 13.2 Å². The number of rotatable bonds is 11. The summed E-state index contributed by atoms with van der Waals surface area (Å²) in [5.74, 6) is 0.652. The van der Waals surface area contributed by atoms with Gasteiger partial charge in [-0.25, -0.2) is 8.42 Å². The van der Waals surface area contributed by atoms with Gasteiger partial charge < -0.3 is 10.1 Å². The fourth-order valence-electron chi connectivity index (χ4n) is 3.40. The Morgan fingerprint density at radius 1 is 1.06 bits per heavy atom. The molecule has 0 aliphatic rings. The average molecular weight is 461 g/mol. The quantitative estimate of drug-likeness (QED) is 0.508. The van der Waals surface area contributed by atoms with E-state index < -0.39 is 10.0 Å². The molecule has 0 saturated carbocycles. The lowest BCUT2D eigenvalue weighted by Gasteiger charge is -2.24. The second-order valence-corrected chi connectivity index (χ2v) is 10.8. The molecule has 176 valence electrons. The zero-order valence-corrected chi connectivity index (χ0v) is 20.7. The number of benzene rings is 2. The number of hydrogen-bond donors (Lipinski definition) is 1. The van der Waals surface area contributed by atoms with Crippen LogP contribution in [0.25, 0.3) is 0 Å². The van der Waals surface area contributed by atoms with Crippen molar-refractivity contribution in [3.05, 3.63) is 59.7 Å². The minimum Gasteiger partial charge on any atom is -0.492 e. The van der Waals surface area contributed by atoms with Crippen molar-refractivity contribution in [2.24, 2.45) is 0 Å². The number of ether oxygens (including phenoxy) is 1. The minimum atomic E-state index is -3.43. The van der Waals surface area contributed by atoms with Crippen molar-refractivity contribution in [3.8, 4) is 5.75 Å². The van der Waals surface area contributed by atoms with Crippen molar-refractivity contribution in [1.82, 2.24) is 5.32 Å². The van der Waals surface area contributed by atoms with E-state index in [2.05, 4.69) is 38.2 Å². The molecule has 0 bridgehead atoms. The average Bonchev–Trinajstić information content (AvgIpc) is 2.73. The molecule has 32 heavy (non-hydrogen) atoms. The second-order valence-electron chi connectivity index (χ2n) is 8.89. The first-order valence-corrected chi connectivity index (χ1v) is 12.9. The molecule has 0 aliphatic heterocycles. The van der Waals surface area contributed by atoms with Crippen LogP contribution in [0.2, 0.25) is 0 Å². The molecule has 1 N–H and O–H groups in total. The van der Waals surface area contributed by atoms with E-state index in [0.29, 0.717) is 25.3 Å². The van der Waals surface area contributed by atoms with Gasteiger partial charge in [0, 0.05) is 13.0 Å². The molecular formula is C25H36N2O4S. The van der Waals surface area contributed by atoms with Gasteiger partial charge in [0.1, 0.15) is 12.4 Å². The van der Waals surface area contributed by atoms with E-state index >= 15 is 0 Å². The van der Waals surface area contributed by atoms with Crippen LogP contribution in [0.5, 0.6) is 5.75 Å². The molecule has 0 radical (unpaired) electrons. The highest BCUT2D eigenvalue weighted by atomic mass is 32.2. The molecule has 6 nitrogen and oxygen atoms in total. The van der Waals surface area contributed by atoms with Crippen LogP contribution in [-0.2, 0) is 26.7 Å². The normalized spacial score (nSPS) is 11.8. The summed E-state index contributed by atoms with van der Waals surface area (Å²) in [6, 6.07) is 15.5. The zero-order chi connectivity index (χ0) is 23.8. The molecule has 2 aromatic rings. The first-order valence-electron chi connectivity index (χ1n) is 11.1. The first kappa shape index (κ1) is 25.7. The summed E-state index contributed by atoms with van der Waals surface area (Å²) in [4.78, 5) is 12.2. The molecule has 0 aliphatic carbocycles. The molecule has 0 atom stereocenters. The summed E-state index contributed by atoms with van der Waals surface area (Å²) in [7, 11) is -3.43. The smallest absolute Gasteiger partial charge is 0.232 e. The predicted octanol–water partition coefficient (Wildman–Crippen LogP) is 4.29. The number of anilines is 1. The largest absolute Gasteiger partial charge is 0.492 e. The molecule has 0 saturated heterocycles. The lowest BCUT2D eigenvalue weighted by atomic mass is 9.87. The number of carbonyl (C=O) groups is 1. The summed E-state index contributed by atoms with van der Waals surface area (Å²) in [5, 5.41) is 2.83. The van der Waals surface area contributed by atoms with Crippen LogP contribution in [0.3, 0.4) is 0 Å². The van der Waals surface area contributed by atoms with Gasteiger partial charge >= 0.3 is 0 Å². The Morgan fingerprint density at radius 2 is 1.72 bits per heavy atom. The molecule has 1 amide bonds. The van der Waals surface area contributed by atoms with E-state index in [4.69, 9.17) is 4.74 Å². The molecule has 0 aromatic heterocycles. The first-order chi connectivity index (χ1) is 15.0. The van der Waals surface area contributed by atoms with E-state index in [1.165, 1.54) is 16.1 Å². The standard InChI is InChI=1S/C25H36N2O4S/c1-6-20-10-7-8-11-23(20)27(32(5,29)30)18-9-12-24(28)26-17-19-31-22-15-13-21(14-16-22)25(2,3)4/h7-8,10-11,13-16H,6,9,12,17-19H2,1-5H3,(H,26,28). The Kier molecular flexibility index (Phi) is 9.13. The maximum absolute atomic E-state index is 12.3. The number of para-hydroxylation sites is 1. The topological polar surface area (TPSA) is 75.7 Å². The van der Waals surface area contributed by atoms with Crippen LogP contribution < -0.4 is 14.4 Å². The third-order valence-corrected chi connectivity index (χ3v) is 6.40. The number of amides is 1. The van der Waals surface area contributed by atoms with E-state index in [1.807, 2.05) is 43.3 Å². The number of hydrogen-bond acceptors (Lipinski definition) is 4. The van der Waals surface area contributed by atoms with Gasteiger partial charge in [-0.1, -0.05) is 58.0 Å². The fourth-order valence-corrected chi connectivity index (χ4v) is 4.40. The van der Waals surface area contributed by atoms with Crippen molar-refractivity contribution in [2.45, 2.75) is 52.4 Å². The van der Waals surface area contributed by atoms with E-state index in [0.717, 1.165) is 17.7 Å². The molecule has 2 rings (SSSR count). The lowest BCUT2D eigenvalue weighted by molar-refractivity contribution is -0.121. The van der Waals surface area contributed by atoms with Crippen molar-refractivity contribution in [2.75, 3.05) is 30.3 Å². The summed E-state index contributed by atoms with van der Waals surface area (Å²) >= 11 is 0. The van der Waals surface area contributed by atoms with Gasteiger partial charge in [-0.3, -0.25) is 9.10 Å². The maximum Gasteiger partial charge on any atom is 0.232 e. The van der Waals surface area contributed by atoms with Crippen molar-refractivity contribution in [3.63, 3.8) is 0 Å². The second kappa shape index (κ2) is 11.4. The van der Waals surface area contributed by atoms with Crippen LogP contribution in [0, 0.1) is 0 Å². The van der Waals surface area contributed by atoms with Gasteiger partial charge in [0.2, 0.25) is 15.9 Å². The lowest BCUT2D eigenvalue weighted by Crippen LogP contribution is -2.33. The van der Waals surface area contributed by atoms with Gasteiger partial charge in [-0.2, -0.15) is 0 Å². The third kappa shape index (κ3) is 7.86. The van der Waals surface area contributed by atoms with Gasteiger partial charge in [0.05, 0.1) is 18.5 Å². The van der Waals surface area contributed by atoms with Gasteiger partial charge in [-0.15, -0.1) is 0 Å². The summed E-state index contributed by atoms with van der Waals surface area (Å²) in [6.07, 6.45) is 2.62. The number of sulfonamides is 1. The van der Waals surface area contributed by atoms with Crippen LogP contribution >= 0.6 is 0 Å². The van der Waals surface area contributed by atoms with Crippen molar-refractivity contribution in [1.29, 1.82) is 0 Å². The summed E-state index contributed by atoms with van der Waals surface area (Å²) < 4.78 is 31.7. The van der Waals surface area contributed by atoms with E-state index in [-0.39, 0.29) is 24.3 Å². The van der Waals surface area contributed by atoms with E-state index in [1.54, 1.807) is 0 Å². The SMILES string of the molecule is CCc1ccccc1N(CCCC(=O)NCCOc1ccc(C(C)(C)C)cc1)S(C)(=O)=O. The zero-order valence-electron chi connectivity index (χ0n) is 19.8. The summed E-state index contributed by atoms with van der Waals surface area (Å²) in [5.41, 5.74) is 2.99. The Morgan fingerprint density at radius 3 is 2.31 bits per heavy atom. The third-order valence-electron chi connectivity index (χ3n) is 5.22. The Labute approximate surface area is 193 Å². The van der Waals surface area contributed by atoms with Gasteiger partial charge in [-0.05, 0) is 47.6 Å². The molecule has 0 heterocycles. The number of nitrogens with one attached hydrogen (secondary N) is 1. The Bertz CT molecular complexity index is 980. The van der Waals surface area contributed by atoms with Crippen LogP contribution in [-0.4, -0.2) is 40.3 Å². The molecule has 0 unspecified atom stereocenters. The Hall–Kier alpha value is -2.54. The predicted molar refractivity (Wildman–Crippen MR) is 131 cm³/mol. The highest BCUT2D eigenvalue weighted by Gasteiger charge is 2.19. The van der Waals surface area contributed by atoms with Crippen LogP contribution in [0.15, 0.2) is 48.5 Å². The molecule has 2 aromatic carbocycles. The Balaban J connectivity index is 1.77. The maximum atomic E-state index is 12.3. The molecular weight excluding hydrogens is 424 g/mol. The monoisotopic (exact) mass is 460 g/mol. The van der Waals surface area contributed by atoms with Gasteiger partial charge in [0.25, 0.3) is 0 Å². The fraction of sp³-hybridized carbons (Fsp3) is 0.480. The van der Waals surface area contributed by atoms with Gasteiger partial charge in [0.15, 0.2) is 0 Å². The number of carbonyl (C=O) groups excluding carboxylic acids is 1. The number of nitrogens with zero attached hydrogens (tertiary/aromatic N) is 1. The minimum absolute atomic E-state index is 0.0951. The highest BCUT2D eigenvalue weighted by Crippen LogP contribution is 2.25.